The number of rotatable bonds is 6. The maximum absolute atomic E-state index is 10.4. The summed E-state index contributed by atoms with van der Waals surface area (Å²) in [6.07, 6.45) is 0. The summed E-state index contributed by atoms with van der Waals surface area (Å²) in [4.78, 5) is 0. The highest BCUT2D eigenvalue weighted by molar-refractivity contribution is 5.74. The average Bonchev–Trinajstić information content (AvgIpc) is 3.19. The summed E-state index contributed by atoms with van der Waals surface area (Å²) in [6.45, 7) is 2.61. The number of benzene rings is 3. The molecule has 1 N–H and O–H groups in total. The van der Waals surface area contributed by atoms with Crippen molar-refractivity contribution in [3.8, 4) is 39.8 Å². The minimum Gasteiger partial charge on any atom is -0.507 e. The van der Waals surface area contributed by atoms with Crippen LogP contribution in [0.5, 0.6) is 17.2 Å². The molecule has 3 aromatic carbocycles. The van der Waals surface area contributed by atoms with E-state index in [1.54, 1.807) is 20.3 Å². The molecule has 0 unspecified atom stereocenters. The Balaban J connectivity index is 1.85. The Morgan fingerprint density at radius 1 is 0.867 bits per heavy atom. The molecule has 5 heteroatoms. The van der Waals surface area contributed by atoms with Gasteiger partial charge in [-0.15, -0.1) is 0 Å². The molecule has 0 atom stereocenters. The van der Waals surface area contributed by atoms with Gasteiger partial charge in [0, 0.05) is 11.1 Å². The number of aryl methyl sites for hydroxylation is 1. The lowest BCUT2D eigenvalue weighted by atomic mass is 10.1. The lowest BCUT2D eigenvalue weighted by Crippen LogP contribution is -2.04. The molecule has 4 rings (SSSR count). The van der Waals surface area contributed by atoms with Crippen molar-refractivity contribution in [2.75, 3.05) is 14.2 Å². The van der Waals surface area contributed by atoms with E-state index in [1.165, 1.54) is 0 Å². The first kappa shape index (κ1) is 19.6. The molecule has 5 nitrogen and oxygen atoms in total. The number of methoxy groups -OCH3 is 2. The van der Waals surface area contributed by atoms with Gasteiger partial charge in [0.1, 0.15) is 5.75 Å². The number of nitrogens with zero attached hydrogens (tertiary/aromatic N) is 2. The highest BCUT2D eigenvalue weighted by Crippen LogP contribution is 2.36. The fourth-order valence-electron chi connectivity index (χ4n) is 3.51. The zero-order chi connectivity index (χ0) is 21.1. The number of phenolic OH excluding ortho intramolecular Hbond substituents is 1. The third-order valence-corrected chi connectivity index (χ3v) is 5.06. The smallest absolute Gasteiger partial charge is 0.161 e. The Labute approximate surface area is 176 Å². The summed E-state index contributed by atoms with van der Waals surface area (Å²) in [5.41, 5.74) is 5.51. The number of phenols is 1. The van der Waals surface area contributed by atoms with Gasteiger partial charge in [0.25, 0.3) is 0 Å². The third kappa shape index (κ3) is 3.87. The van der Waals surface area contributed by atoms with E-state index in [0.29, 0.717) is 23.6 Å². The van der Waals surface area contributed by atoms with E-state index in [1.807, 2.05) is 66.2 Å². The Hall–Kier alpha value is -3.73. The molecule has 1 heterocycles. The molecule has 152 valence electrons. The summed E-state index contributed by atoms with van der Waals surface area (Å²) >= 11 is 0. The fraction of sp³-hybridized carbons (Fsp3) is 0.160. The minimum atomic E-state index is 0.212. The first-order valence-electron chi connectivity index (χ1n) is 9.73. The molecule has 0 amide bonds. The van der Waals surface area contributed by atoms with Crippen molar-refractivity contribution in [1.82, 2.24) is 9.78 Å². The molecule has 0 saturated heterocycles. The van der Waals surface area contributed by atoms with Gasteiger partial charge in [-0.3, -0.25) is 4.68 Å². The van der Waals surface area contributed by atoms with Crippen LogP contribution >= 0.6 is 0 Å². The van der Waals surface area contributed by atoms with Gasteiger partial charge >= 0.3 is 0 Å². The number of ether oxygens (including phenoxy) is 2. The van der Waals surface area contributed by atoms with E-state index in [2.05, 4.69) is 12.1 Å². The first-order valence-corrected chi connectivity index (χ1v) is 9.73. The second-order valence-corrected chi connectivity index (χ2v) is 7.15. The largest absolute Gasteiger partial charge is 0.507 e. The van der Waals surface area contributed by atoms with Crippen LogP contribution in [0.2, 0.25) is 0 Å². The van der Waals surface area contributed by atoms with Crippen LogP contribution in [-0.4, -0.2) is 29.1 Å². The van der Waals surface area contributed by atoms with Gasteiger partial charge in [0.15, 0.2) is 11.5 Å². The topological polar surface area (TPSA) is 56.5 Å². The minimum absolute atomic E-state index is 0.212. The van der Waals surface area contributed by atoms with E-state index >= 15 is 0 Å². The van der Waals surface area contributed by atoms with Gasteiger partial charge in [-0.05, 0) is 48.9 Å². The van der Waals surface area contributed by atoms with Crippen LogP contribution in [-0.2, 0) is 6.54 Å². The normalized spacial score (nSPS) is 10.8. The number of hydrogen-bond acceptors (Lipinski definition) is 4. The van der Waals surface area contributed by atoms with E-state index in [0.717, 1.165) is 28.1 Å². The summed E-state index contributed by atoms with van der Waals surface area (Å²) < 4.78 is 12.8. The molecule has 0 fully saturated rings. The first-order chi connectivity index (χ1) is 14.6. The van der Waals surface area contributed by atoms with Crippen LogP contribution in [0.15, 0.2) is 72.8 Å². The summed E-state index contributed by atoms with van der Waals surface area (Å²) in [6, 6.07) is 23.5. The summed E-state index contributed by atoms with van der Waals surface area (Å²) in [5, 5.41) is 15.3. The van der Waals surface area contributed by atoms with E-state index in [4.69, 9.17) is 14.6 Å². The number of aromatic nitrogens is 2. The molecule has 0 radical (unpaired) electrons. The van der Waals surface area contributed by atoms with Crippen LogP contribution in [0.4, 0.5) is 0 Å². The Bertz CT molecular complexity index is 1170. The number of aromatic hydroxyl groups is 1. The monoisotopic (exact) mass is 400 g/mol. The van der Waals surface area contributed by atoms with E-state index in [9.17, 15) is 5.11 Å². The molecule has 0 spiro atoms. The van der Waals surface area contributed by atoms with Crippen molar-refractivity contribution in [3.63, 3.8) is 0 Å². The van der Waals surface area contributed by atoms with Crippen molar-refractivity contribution in [2.45, 2.75) is 13.5 Å². The second-order valence-electron chi connectivity index (χ2n) is 7.15. The Morgan fingerprint density at radius 3 is 2.37 bits per heavy atom. The predicted molar refractivity (Wildman–Crippen MR) is 118 cm³/mol. The fourth-order valence-corrected chi connectivity index (χ4v) is 3.51. The molecule has 4 aromatic rings. The van der Waals surface area contributed by atoms with Gasteiger partial charge in [0.2, 0.25) is 0 Å². The summed E-state index contributed by atoms with van der Waals surface area (Å²) in [7, 11) is 3.24. The zero-order valence-corrected chi connectivity index (χ0v) is 17.3. The average molecular weight is 400 g/mol. The van der Waals surface area contributed by atoms with E-state index < -0.39 is 0 Å². The van der Waals surface area contributed by atoms with Gasteiger partial charge in [0.05, 0.1) is 32.2 Å². The van der Waals surface area contributed by atoms with Crippen molar-refractivity contribution in [1.29, 1.82) is 0 Å². The molecule has 0 saturated carbocycles. The Kier molecular flexibility index (Phi) is 5.44. The molecule has 0 aliphatic heterocycles. The molecule has 30 heavy (non-hydrogen) atoms. The van der Waals surface area contributed by atoms with Gasteiger partial charge in [-0.2, -0.15) is 5.10 Å². The van der Waals surface area contributed by atoms with Gasteiger partial charge in [-0.1, -0.05) is 42.0 Å². The molecule has 1 aromatic heterocycles. The zero-order valence-electron chi connectivity index (χ0n) is 17.3. The quantitative estimate of drug-likeness (QED) is 0.477. The van der Waals surface area contributed by atoms with Crippen LogP contribution in [0.1, 0.15) is 11.1 Å². The Morgan fingerprint density at radius 2 is 1.63 bits per heavy atom. The molecule has 0 aliphatic rings. The molecule has 0 bridgehead atoms. The van der Waals surface area contributed by atoms with E-state index in [-0.39, 0.29) is 5.75 Å². The van der Waals surface area contributed by atoms with Crippen molar-refractivity contribution in [3.05, 3.63) is 83.9 Å². The van der Waals surface area contributed by atoms with Crippen LogP contribution in [0.3, 0.4) is 0 Å². The van der Waals surface area contributed by atoms with Crippen LogP contribution < -0.4 is 9.47 Å². The van der Waals surface area contributed by atoms with Crippen LogP contribution in [0.25, 0.3) is 22.5 Å². The van der Waals surface area contributed by atoms with Gasteiger partial charge in [-0.25, -0.2) is 0 Å². The maximum atomic E-state index is 10.4. The molecular weight excluding hydrogens is 376 g/mol. The van der Waals surface area contributed by atoms with Crippen molar-refractivity contribution < 1.29 is 14.6 Å². The summed E-state index contributed by atoms with van der Waals surface area (Å²) in [5.74, 6) is 1.54. The SMILES string of the molecule is COc1ccc(-c2cc(-c3cc(C)ccc3O)nn2Cc2ccccc2)cc1OC. The lowest BCUT2D eigenvalue weighted by molar-refractivity contribution is 0.355. The highest BCUT2D eigenvalue weighted by atomic mass is 16.5. The van der Waals surface area contributed by atoms with Crippen molar-refractivity contribution >= 4 is 0 Å². The standard InChI is InChI=1S/C25H24N2O3/c1-17-9-11-23(28)20(13-17)21-15-22(19-10-12-24(29-2)25(14-19)30-3)27(26-21)16-18-7-5-4-6-8-18/h4-15,28H,16H2,1-3H3. The molecular formula is C25H24N2O3. The lowest BCUT2D eigenvalue weighted by Gasteiger charge is -2.11. The highest BCUT2D eigenvalue weighted by Gasteiger charge is 2.16. The molecule has 0 aliphatic carbocycles. The second kappa shape index (κ2) is 8.33. The number of hydrogen-bond donors (Lipinski definition) is 1. The van der Waals surface area contributed by atoms with Gasteiger partial charge < -0.3 is 14.6 Å². The third-order valence-electron chi connectivity index (χ3n) is 5.06. The maximum Gasteiger partial charge on any atom is 0.161 e. The van der Waals surface area contributed by atoms with Crippen molar-refractivity contribution in [2.24, 2.45) is 0 Å². The van der Waals surface area contributed by atoms with Crippen LogP contribution in [0, 0.1) is 6.92 Å². The predicted octanol–water partition coefficient (Wildman–Crippen LogP) is 5.30.